The Morgan fingerprint density at radius 1 is 1.15 bits per heavy atom. The summed E-state index contributed by atoms with van der Waals surface area (Å²) in [7, 11) is 0. The molecule has 2 aliphatic heterocycles. The molecule has 0 spiro atoms. The lowest BCUT2D eigenvalue weighted by atomic mass is 9.96. The van der Waals surface area contributed by atoms with Crippen LogP contribution in [-0.4, -0.2) is 55.7 Å². The zero-order chi connectivity index (χ0) is 19.2. The van der Waals surface area contributed by atoms with Crippen LogP contribution in [0.4, 0.5) is 10.5 Å². The van der Waals surface area contributed by atoms with Gasteiger partial charge >= 0.3 is 6.03 Å². The molecule has 9 nitrogen and oxygen atoms in total. The number of amides is 4. The van der Waals surface area contributed by atoms with Gasteiger partial charge in [-0.15, -0.1) is 0 Å². The number of rotatable bonds is 5. The predicted octanol–water partition coefficient (Wildman–Crippen LogP) is 0.911. The molecule has 0 saturated carbocycles. The number of hydrogen-bond acceptors (Lipinski definition) is 6. The standard InChI is InChI=1S/C18H24N4O5/c1-2-19-18(25)21-16(23)10-22-7-5-12(6-8-22)17(24)20-13-3-4-14-15(9-13)27-11-26-14/h3-4,9,12H,2,5-8,10-11H2,1H3,(H,20,24)(H2,19,21,23,25). The Balaban J connectivity index is 1.42. The third-order valence-electron chi connectivity index (χ3n) is 4.56. The molecule has 146 valence electrons. The number of ether oxygens (including phenoxy) is 2. The summed E-state index contributed by atoms with van der Waals surface area (Å²) >= 11 is 0. The van der Waals surface area contributed by atoms with E-state index in [2.05, 4.69) is 16.0 Å². The van der Waals surface area contributed by atoms with Gasteiger partial charge in [0.2, 0.25) is 18.6 Å². The minimum Gasteiger partial charge on any atom is -0.454 e. The Morgan fingerprint density at radius 3 is 2.63 bits per heavy atom. The molecule has 1 saturated heterocycles. The molecule has 27 heavy (non-hydrogen) atoms. The number of benzene rings is 1. The van der Waals surface area contributed by atoms with Crippen molar-refractivity contribution in [1.82, 2.24) is 15.5 Å². The molecule has 9 heteroatoms. The highest BCUT2D eigenvalue weighted by atomic mass is 16.7. The topological polar surface area (TPSA) is 109 Å². The first kappa shape index (κ1) is 19.0. The first-order valence-corrected chi connectivity index (χ1v) is 9.05. The molecule has 1 fully saturated rings. The van der Waals surface area contributed by atoms with E-state index in [1.807, 2.05) is 4.90 Å². The molecule has 4 amide bonds. The number of imide groups is 1. The number of nitrogens with zero attached hydrogens (tertiary/aromatic N) is 1. The van der Waals surface area contributed by atoms with Crippen molar-refractivity contribution in [3.8, 4) is 11.5 Å². The van der Waals surface area contributed by atoms with Crippen LogP contribution in [0, 0.1) is 5.92 Å². The third-order valence-corrected chi connectivity index (χ3v) is 4.56. The number of urea groups is 1. The van der Waals surface area contributed by atoms with Crippen molar-refractivity contribution >= 4 is 23.5 Å². The van der Waals surface area contributed by atoms with Crippen LogP contribution in [0.5, 0.6) is 11.5 Å². The van der Waals surface area contributed by atoms with Crippen LogP contribution in [0.1, 0.15) is 19.8 Å². The van der Waals surface area contributed by atoms with Gasteiger partial charge in [-0.05, 0) is 45.0 Å². The fourth-order valence-corrected chi connectivity index (χ4v) is 3.15. The average Bonchev–Trinajstić information content (AvgIpc) is 3.10. The van der Waals surface area contributed by atoms with E-state index in [0.29, 0.717) is 49.7 Å². The van der Waals surface area contributed by atoms with Gasteiger partial charge in [0.25, 0.3) is 0 Å². The highest BCUT2D eigenvalue weighted by molar-refractivity contribution is 5.95. The van der Waals surface area contributed by atoms with Crippen LogP contribution in [0.25, 0.3) is 0 Å². The first-order valence-electron chi connectivity index (χ1n) is 9.05. The molecule has 3 rings (SSSR count). The fourth-order valence-electron chi connectivity index (χ4n) is 3.15. The minimum atomic E-state index is -0.486. The number of nitrogens with one attached hydrogen (secondary N) is 3. The molecule has 1 aromatic rings. The Kier molecular flexibility index (Phi) is 6.12. The average molecular weight is 376 g/mol. The van der Waals surface area contributed by atoms with E-state index in [1.54, 1.807) is 25.1 Å². The van der Waals surface area contributed by atoms with Gasteiger partial charge in [0, 0.05) is 24.2 Å². The van der Waals surface area contributed by atoms with Crippen LogP contribution >= 0.6 is 0 Å². The molecule has 0 bridgehead atoms. The van der Waals surface area contributed by atoms with E-state index in [1.165, 1.54) is 0 Å². The first-order chi connectivity index (χ1) is 13.0. The summed E-state index contributed by atoms with van der Waals surface area (Å²) in [6.45, 7) is 3.84. The van der Waals surface area contributed by atoms with E-state index in [-0.39, 0.29) is 31.1 Å². The molecule has 0 unspecified atom stereocenters. The van der Waals surface area contributed by atoms with E-state index < -0.39 is 6.03 Å². The number of carbonyl (C=O) groups excluding carboxylic acids is 3. The summed E-state index contributed by atoms with van der Waals surface area (Å²) < 4.78 is 10.6. The Hall–Kier alpha value is -2.81. The zero-order valence-corrected chi connectivity index (χ0v) is 15.2. The van der Waals surface area contributed by atoms with E-state index >= 15 is 0 Å². The van der Waals surface area contributed by atoms with Crippen LogP contribution in [0.2, 0.25) is 0 Å². The minimum absolute atomic E-state index is 0.0414. The lowest BCUT2D eigenvalue weighted by Gasteiger charge is -2.30. The van der Waals surface area contributed by atoms with Crippen molar-refractivity contribution in [2.75, 3.05) is 38.3 Å². The van der Waals surface area contributed by atoms with Crippen LogP contribution in [0.15, 0.2) is 18.2 Å². The second kappa shape index (κ2) is 8.72. The molecule has 3 N–H and O–H groups in total. The lowest BCUT2D eigenvalue weighted by Crippen LogP contribution is -2.47. The van der Waals surface area contributed by atoms with Gasteiger partial charge in [-0.2, -0.15) is 0 Å². The van der Waals surface area contributed by atoms with Crippen molar-refractivity contribution in [3.63, 3.8) is 0 Å². The molecule has 0 aliphatic carbocycles. The maximum atomic E-state index is 12.5. The monoisotopic (exact) mass is 376 g/mol. The Labute approximate surface area is 157 Å². The number of carbonyl (C=O) groups is 3. The maximum Gasteiger partial charge on any atom is 0.321 e. The summed E-state index contributed by atoms with van der Waals surface area (Å²) in [5, 5.41) is 7.71. The summed E-state index contributed by atoms with van der Waals surface area (Å²) in [5.74, 6) is 0.801. The second-order valence-corrected chi connectivity index (χ2v) is 6.52. The molecular weight excluding hydrogens is 352 g/mol. The van der Waals surface area contributed by atoms with E-state index in [9.17, 15) is 14.4 Å². The molecule has 0 radical (unpaired) electrons. The smallest absolute Gasteiger partial charge is 0.321 e. The summed E-state index contributed by atoms with van der Waals surface area (Å²) in [5.41, 5.74) is 0.674. The van der Waals surface area contributed by atoms with Crippen molar-refractivity contribution < 1.29 is 23.9 Å². The van der Waals surface area contributed by atoms with Gasteiger partial charge in [0.05, 0.1) is 6.54 Å². The number of anilines is 1. The maximum absolute atomic E-state index is 12.5. The van der Waals surface area contributed by atoms with Crippen molar-refractivity contribution in [1.29, 1.82) is 0 Å². The van der Waals surface area contributed by atoms with Crippen LogP contribution < -0.4 is 25.4 Å². The summed E-state index contributed by atoms with van der Waals surface area (Å²) in [4.78, 5) is 37.6. The van der Waals surface area contributed by atoms with E-state index in [0.717, 1.165) is 0 Å². The van der Waals surface area contributed by atoms with Crippen LogP contribution in [0.3, 0.4) is 0 Å². The van der Waals surface area contributed by atoms with Gasteiger partial charge in [-0.25, -0.2) is 4.79 Å². The number of piperidine rings is 1. The number of hydrogen-bond donors (Lipinski definition) is 3. The molecule has 0 aromatic heterocycles. The summed E-state index contributed by atoms with van der Waals surface area (Å²) in [6, 6.07) is 4.82. The van der Waals surface area contributed by atoms with E-state index in [4.69, 9.17) is 9.47 Å². The Bertz CT molecular complexity index is 716. The highest BCUT2D eigenvalue weighted by Gasteiger charge is 2.26. The van der Waals surface area contributed by atoms with Crippen LogP contribution in [-0.2, 0) is 9.59 Å². The van der Waals surface area contributed by atoms with Crippen molar-refractivity contribution in [2.45, 2.75) is 19.8 Å². The highest BCUT2D eigenvalue weighted by Crippen LogP contribution is 2.34. The van der Waals surface area contributed by atoms with Crippen molar-refractivity contribution in [2.24, 2.45) is 5.92 Å². The summed E-state index contributed by atoms with van der Waals surface area (Å²) in [6.07, 6.45) is 1.32. The quantitative estimate of drug-likeness (QED) is 0.705. The Morgan fingerprint density at radius 2 is 1.89 bits per heavy atom. The zero-order valence-electron chi connectivity index (χ0n) is 15.2. The lowest BCUT2D eigenvalue weighted by molar-refractivity contribution is -0.122. The molecule has 1 aromatic carbocycles. The van der Waals surface area contributed by atoms with Gasteiger partial charge in [-0.1, -0.05) is 0 Å². The molecule has 2 heterocycles. The normalized spacial score (nSPS) is 16.6. The van der Waals surface area contributed by atoms with Gasteiger partial charge in [-0.3, -0.25) is 19.8 Å². The van der Waals surface area contributed by atoms with Gasteiger partial charge < -0.3 is 20.1 Å². The van der Waals surface area contributed by atoms with Gasteiger partial charge in [0.15, 0.2) is 11.5 Å². The predicted molar refractivity (Wildman–Crippen MR) is 97.6 cm³/mol. The number of fused-ring (bicyclic) bond motifs is 1. The fraction of sp³-hybridized carbons (Fsp3) is 0.500. The van der Waals surface area contributed by atoms with Crippen molar-refractivity contribution in [3.05, 3.63) is 18.2 Å². The molecular formula is C18H24N4O5. The third kappa shape index (κ3) is 5.10. The molecule has 0 atom stereocenters. The number of likely N-dealkylation sites (tertiary alicyclic amines) is 1. The van der Waals surface area contributed by atoms with Gasteiger partial charge in [0.1, 0.15) is 0 Å². The largest absolute Gasteiger partial charge is 0.454 e. The molecule has 2 aliphatic rings. The SMILES string of the molecule is CCNC(=O)NC(=O)CN1CCC(C(=O)Nc2ccc3c(c2)OCO3)CC1. The second-order valence-electron chi connectivity index (χ2n) is 6.52.